The van der Waals surface area contributed by atoms with Gasteiger partial charge in [-0.3, -0.25) is 0 Å². The summed E-state index contributed by atoms with van der Waals surface area (Å²) in [4.78, 5) is 4.20. The Hall–Kier alpha value is -0.910. The lowest BCUT2D eigenvalue weighted by atomic mass is 10.2. The van der Waals surface area contributed by atoms with Gasteiger partial charge in [-0.05, 0) is 43.6 Å². The number of rotatable bonds is 3. The summed E-state index contributed by atoms with van der Waals surface area (Å²) in [7, 11) is 0. The van der Waals surface area contributed by atoms with Crippen LogP contribution in [0.25, 0.3) is 0 Å². The van der Waals surface area contributed by atoms with Crippen LogP contribution < -0.4 is 10.6 Å². The zero-order valence-corrected chi connectivity index (χ0v) is 11.8. The Bertz CT molecular complexity index is 435. The molecule has 2 N–H and O–H groups in total. The molecule has 98 valence electrons. The van der Waals surface area contributed by atoms with Crippen LogP contribution in [0.3, 0.4) is 0 Å². The minimum Gasteiger partial charge on any atom is -0.376 e. The van der Waals surface area contributed by atoms with Gasteiger partial charge in [0.15, 0.2) is 10.9 Å². The SMILES string of the molecule is Cc1cnc(NC(=S)NC[C@H]2CCCO2)c(Cl)c1. The maximum atomic E-state index is 6.06. The number of nitrogens with one attached hydrogen (secondary N) is 2. The van der Waals surface area contributed by atoms with Gasteiger partial charge in [0.1, 0.15) is 0 Å². The van der Waals surface area contributed by atoms with Crippen LogP contribution >= 0.6 is 23.8 Å². The molecule has 1 saturated heterocycles. The molecular weight excluding hydrogens is 270 g/mol. The molecule has 0 amide bonds. The molecule has 0 unspecified atom stereocenters. The molecule has 0 saturated carbocycles. The Balaban J connectivity index is 1.82. The molecule has 1 atom stereocenters. The van der Waals surface area contributed by atoms with Crippen LogP contribution in [0.15, 0.2) is 12.3 Å². The predicted molar refractivity (Wildman–Crippen MR) is 77.2 cm³/mol. The molecule has 0 radical (unpaired) electrons. The van der Waals surface area contributed by atoms with E-state index in [-0.39, 0.29) is 6.10 Å². The molecule has 0 spiro atoms. The Labute approximate surface area is 117 Å². The van der Waals surface area contributed by atoms with Gasteiger partial charge in [-0.25, -0.2) is 4.98 Å². The maximum Gasteiger partial charge on any atom is 0.172 e. The van der Waals surface area contributed by atoms with Crippen molar-refractivity contribution in [3.05, 3.63) is 22.8 Å². The smallest absolute Gasteiger partial charge is 0.172 e. The second kappa shape index (κ2) is 6.31. The number of aromatic nitrogens is 1. The van der Waals surface area contributed by atoms with Crippen molar-refractivity contribution in [2.45, 2.75) is 25.9 Å². The molecule has 0 bridgehead atoms. The highest BCUT2D eigenvalue weighted by Gasteiger charge is 2.15. The number of thiocarbonyl (C=S) groups is 1. The van der Waals surface area contributed by atoms with Gasteiger partial charge in [-0.2, -0.15) is 0 Å². The summed E-state index contributed by atoms with van der Waals surface area (Å²) in [6.45, 7) is 3.50. The number of anilines is 1. The monoisotopic (exact) mass is 285 g/mol. The minimum absolute atomic E-state index is 0.256. The summed E-state index contributed by atoms with van der Waals surface area (Å²) in [5.74, 6) is 0.576. The molecule has 0 aliphatic carbocycles. The van der Waals surface area contributed by atoms with Crippen LogP contribution in [0.4, 0.5) is 5.82 Å². The first kappa shape index (κ1) is 13.5. The summed E-state index contributed by atoms with van der Waals surface area (Å²) < 4.78 is 5.50. The molecule has 1 fully saturated rings. The molecule has 1 aromatic rings. The Kier molecular flexibility index (Phi) is 4.74. The van der Waals surface area contributed by atoms with Crippen LogP contribution in [0.5, 0.6) is 0 Å². The summed E-state index contributed by atoms with van der Waals surface area (Å²) in [5.41, 5.74) is 1.02. The fourth-order valence-electron chi connectivity index (χ4n) is 1.79. The third-order valence-electron chi connectivity index (χ3n) is 2.72. The molecule has 4 nitrogen and oxygen atoms in total. The van der Waals surface area contributed by atoms with Gasteiger partial charge in [-0.15, -0.1) is 0 Å². The normalized spacial score (nSPS) is 18.7. The number of pyridine rings is 1. The summed E-state index contributed by atoms with van der Waals surface area (Å²) in [6.07, 6.45) is 4.21. The van der Waals surface area contributed by atoms with E-state index < -0.39 is 0 Å². The average Bonchev–Trinajstić information content (AvgIpc) is 2.83. The van der Waals surface area contributed by atoms with Gasteiger partial charge in [-0.1, -0.05) is 11.6 Å². The van der Waals surface area contributed by atoms with E-state index in [0.717, 1.165) is 31.6 Å². The summed E-state index contributed by atoms with van der Waals surface area (Å²) >= 11 is 11.3. The van der Waals surface area contributed by atoms with E-state index in [2.05, 4.69) is 15.6 Å². The van der Waals surface area contributed by atoms with Crippen LogP contribution in [0, 0.1) is 6.92 Å². The molecule has 1 aliphatic heterocycles. The quantitative estimate of drug-likeness (QED) is 0.836. The molecule has 1 aliphatic rings. The number of ether oxygens (including phenoxy) is 1. The van der Waals surface area contributed by atoms with Gasteiger partial charge in [0.2, 0.25) is 0 Å². The molecule has 2 heterocycles. The summed E-state index contributed by atoms with van der Waals surface area (Å²) in [6, 6.07) is 1.85. The van der Waals surface area contributed by atoms with Gasteiger partial charge >= 0.3 is 0 Å². The van der Waals surface area contributed by atoms with Crippen molar-refractivity contribution in [3.63, 3.8) is 0 Å². The third-order valence-corrected chi connectivity index (χ3v) is 3.26. The van der Waals surface area contributed by atoms with E-state index in [1.807, 2.05) is 13.0 Å². The largest absolute Gasteiger partial charge is 0.376 e. The first-order valence-corrected chi connectivity index (χ1v) is 6.72. The number of hydrogen-bond donors (Lipinski definition) is 2. The van der Waals surface area contributed by atoms with E-state index in [9.17, 15) is 0 Å². The van der Waals surface area contributed by atoms with Crippen LogP contribution in [-0.2, 0) is 4.74 Å². The zero-order chi connectivity index (χ0) is 13.0. The van der Waals surface area contributed by atoms with Gasteiger partial charge in [0, 0.05) is 19.3 Å². The number of hydrogen-bond acceptors (Lipinski definition) is 3. The van der Waals surface area contributed by atoms with Crippen molar-refractivity contribution < 1.29 is 4.74 Å². The highest BCUT2D eigenvalue weighted by molar-refractivity contribution is 7.80. The highest BCUT2D eigenvalue weighted by Crippen LogP contribution is 2.19. The first-order chi connectivity index (χ1) is 8.65. The van der Waals surface area contributed by atoms with E-state index in [1.54, 1.807) is 6.20 Å². The van der Waals surface area contributed by atoms with Gasteiger partial charge in [0.05, 0.1) is 11.1 Å². The lowest BCUT2D eigenvalue weighted by Crippen LogP contribution is -2.35. The number of nitrogens with zero attached hydrogens (tertiary/aromatic N) is 1. The molecule has 18 heavy (non-hydrogen) atoms. The Morgan fingerprint density at radius 2 is 2.50 bits per heavy atom. The maximum absolute atomic E-state index is 6.06. The van der Waals surface area contributed by atoms with Crippen molar-refractivity contribution in [1.82, 2.24) is 10.3 Å². The van der Waals surface area contributed by atoms with Gasteiger partial charge < -0.3 is 15.4 Å². The van der Waals surface area contributed by atoms with E-state index >= 15 is 0 Å². The molecule has 1 aromatic heterocycles. The number of halogens is 1. The van der Waals surface area contributed by atoms with Crippen molar-refractivity contribution in [2.75, 3.05) is 18.5 Å². The van der Waals surface area contributed by atoms with E-state index in [4.69, 9.17) is 28.6 Å². The topological polar surface area (TPSA) is 46.2 Å². The van der Waals surface area contributed by atoms with Crippen LogP contribution in [0.2, 0.25) is 5.02 Å². The summed E-state index contributed by atoms with van der Waals surface area (Å²) in [5, 5.41) is 7.18. The fourth-order valence-corrected chi connectivity index (χ4v) is 2.24. The van der Waals surface area contributed by atoms with Crippen molar-refractivity contribution in [3.8, 4) is 0 Å². The molecule has 0 aromatic carbocycles. The zero-order valence-electron chi connectivity index (χ0n) is 10.2. The fraction of sp³-hybridized carbons (Fsp3) is 0.500. The second-order valence-electron chi connectivity index (χ2n) is 4.31. The predicted octanol–water partition coefficient (Wildman–Crippen LogP) is 2.51. The lowest BCUT2D eigenvalue weighted by Gasteiger charge is -2.14. The van der Waals surface area contributed by atoms with Crippen molar-refractivity contribution in [2.24, 2.45) is 0 Å². The Morgan fingerprint density at radius 3 is 3.17 bits per heavy atom. The van der Waals surface area contributed by atoms with E-state index in [1.165, 1.54) is 0 Å². The molecule has 6 heteroatoms. The highest BCUT2D eigenvalue weighted by atomic mass is 35.5. The van der Waals surface area contributed by atoms with E-state index in [0.29, 0.717) is 16.0 Å². The average molecular weight is 286 g/mol. The third kappa shape index (κ3) is 3.80. The first-order valence-electron chi connectivity index (χ1n) is 5.94. The van der Waals surface area contributed by atoms with Crippen molar-refractivity contribution >= 4 is 34.7 Å². The number of aryl methyl sites for hydroxylation is 1. The van der Waals surface area contributed by atoms with Crippen molar-refractivity contribution in [1.29, 1.82) is 0 Å². The lowest BCUT2D eigenvalue weighted by molar-refractivity contribution is 0.114. The molecule has 2 rings (SSSR count). The Morgan fingerprint density at radius 1 is 1.67 bits per heavy atom. The van der Waals surface area contributed by atoms with Gasteiger partial charge in [0.25, 0.3) is 0 Å². The van der Waals surface area contributed by atoms with Crippen LogP contribution in [-0.4, -0.2) is 29.4 Å². The molecular formula is C12H16ClN3OS. The van der Waals surface area contributed by atoms with Crippen LogP contribution in [0.1, 0.15) is 18.4 Å². The standard InChI is InChI=1S/C12H16ClN3OS/c1-8-5-10(13)11(14-6-8)16-12(18)15-7-9-3-2-4-17-9/h5-6,9H,2-4,7H2,1H3,(H2,14,15,16,18)/t9-/m1/s1. The minimum atomic E-state index is 0.256. The second-order valence-corrected chi connectivity index (χ2v) is 5.13.